The van der Waals surface area contributed by atoms with Gasteiger partial charge < -0.3 is 19.5 Å². The standard InChI is InChI=1S/C16H24N2O3/c1-3-20-11-10-18(2)12-15(19)13-21-16-6-4-14(5-7-16)8-9-17/h4-7,15,19H,3,8,10-13H2,1-2H3. The second kappa shape index (κ2) is 10.2. The summed E-state index contributed by atoms with van der Waals surface area (Å²) in [6.45, 7) is 4.91. The van der Waals surface area contributed by atoms with Gasteiger partial charge in [-0.25, -0.2) is 0 Å². The fraction of sp³-hybridized carbons (Fsp3) is 0.562. The molecule has 0 spiro atoms. The lowest BCUT2D eigenvalue weighted by atomic mass is 10.2. The molecule has 0 heterocycles. The SMILES string of the molecule is CCOCCN(C)CC(O)COc1ccc(CC#N)cc1. The minimum Gasteiger partial charge on any atom is -0.491 e. The Morgan fingerprint density at radius 2 is 2.05 bits per heavy atom. The van der Waals surface area contributed by atoms with Crippen LogP contribution in [0.15, 0.2) is 24.3 Å². The van der Waals surface area contributed by atoms with E-state index in [1.54, 1.807) is 0 Å². The van der Waals surface area contributed by atoms with E-state index in [2.05, 4.69) is 6.07 Å². The predicted molar refractivity (Wildman–Crippen MR) is 81.3 cm³/mol. The van der Waals surface area contributed by atoms with Gasteiger partial charge >= 0.3 is 0 Å². The highest BCUT2D eigenvalue weighted by molar-refractivity contribution is 5.28. The Morgan fingerprint density at radius 3 is 2.67 bits per heavy atom. The Labute approximate surface area is 126 Å². The van der Waals surface area contributed by atoms with Crippen LogP contribution in [0.25, 0.3) is 0 Å². The van der Waals surface area contributed by atoms with Crippen molar-refractivity contribution in [3.63, 3.8) is 0 Å². The van der Waals surface area contributed by atoms with Gasteiger partial charge in [-0.3, -0.25) is 0 Å². The third-order valence-electron chi connectivity index (χ3n) is 2.99. The van der Waals surface area contributed by atoms with Crippen LogP contribution in [0.5, 0.6) is 5.75 Å². The summed E-state index contributed by atoms with van der Waals surface area (Å²) in [6, 6.07) is 9.46. The Hall–Kier alpha value is -1.61. The fourth-order valence-corrected chi connectivity index (χ4v) is 1.86. The van der Waals surface area contributed by atoms with Crippen molar-refractivity contribution in [3.05, 3.63) is 29.8 Å². The van der Waals surface area contributed by atoms with E-state index in [0.717, 1.165) is 12.1 Å². The smallest absolute Gasteiger partial charge is 0.119 e. The summed E-state index contributed by atoms with van der Waals surface area (Å²) in [5, 5.41) is 18.5. The fourth-order valence-electron chi connectivity index (χ4n) is 1.86. The van der Waals surface area contributed by atoms with Gasteiger partial charge in [0.05, 0.1) is 19.1 Å². The average Bonchev–Trinajstić information content (AvgIpc) is 2.47. The molecule has 116 valence electrons. The Bertz CT molecular complexity index is 428. The number of ether oxygens (including phenoxy) is 2. The third-order valence-corrected chi connectivity index (χ3v) is 2.99. The zero-order valence-corrected chi connectivity index (χ0v) is 12.8. The number of hydrogen-bond donors (Lipinski definition) is 1. The van der Waals surface area contributed by atoms with E-state index in [1.807, 2.05) is 43.1 Å². The maximum absolute atomic E-state index is 9.93. The molecule has 1 aromatic carbocycles. The number of nitrogens with zero attached hydrogens (tertiary/aromatic N) is 2. The second-order valence-corrected chi connectivity index (χ2v) is 4.90. The molecule has 1 aromatic rings. The molecule has 0 saturated carbocycles. The maximum Gasteiger partial charge on any atom is 0.119 e. The minimum absolute atomic E-state index is 0.247. The van der Waals surface area contributed by atoms with Crippen molar-refractivity contribution in [1.29, 1.82) is 5.26 Å². The zero-order chi connectivity index (χ0) is 15.5. The van der Waals surface area contributed by atoms with Gasteiger partial charge in [0.2, 0.25) is 0 Å². The van der Waals surface area contributed by atoms with Crippen molar-refractivity contribution in [1.82, 2.24) is 4.90 Å². The Kier molecular flexibility index (Phi) is 8.44. The van der Waals surface area contributed by atoms with Crippen molar-refractivity contribution in [3.8, 4) is 11.8 Å². The summed E-state index contributed by atoms with van der Waals surface area (Å²) in [6.07, 6.45) is -0.150. The van der Waals surface area contributed by atoms with Gasteiger partial charge in [0.15, 0.2) is 0 Å². The summed E-state index contributed by atoms with van der Waals surface area (Å²) in [7, 11) is 1.94. The lowest BCUT2D eigenvalue weighted by molar-refractivity contribution is 0.0613. The molecule has 0 aliphatic heterocycles. The molecule has 0 aromatic heterocycles. The Balaban J connectivity index is 2.25. The molecule has 1 N–H and O–H groups in total. The first-order chi connectivity index (χ1) is 10.2. The maximum atomic E-state index is 9.93. The summed E-state index contributed by atoms with van der Waals surface area (Å²) in [5.74, 6) is 0.702. The molecule has 1 atom stereocenters. The van der Waals surface area contributed by atoms with Crippen LogP contribution in [0.1, 0.15) is 12.5 Å². The monoisotopic (exact) mass is 292 g/mol. The van der Waals surface area contributed by atoms with E-state index in [-0.39, 0.29) is 6.61 Å². The second-order valence-electron chi connectivity index (χ2n) is 4.90. The van der Waals surface area contributed by atoms with Crippen LogP contribution < -0.4 is 4.74 Å². The molecule has 5 heteroatoms. The largest absolute Gasteiger partial charge is 0.491 e. The van der Waals surface area contributed by atoms with Crippen LogP contribution in [-0.4, -0.2) is 56.1 Å². The first-order valence-corrected chi connectivity index (χ1v) is 7.18. The lowest BCUT2D eigenvalue weighted by Gasteiger charge is -2.20. The van der Waals surface area contributed by atoms with Gasteiger partial charge in [-0.05, 0) is 31.7 Å². The molecule has 0 bridgehead atoms. The summed E-state index contributed by atoms with van der Waals surface area (Å²) >= 11 is 0. The molecule has 0 aliphatic carbocycles. The molecule has 1 unspecified atom stereocenters. The topological polar surface area (TPSA) is 65.7 Å². The third kappa shape index (κ3) is 7.66. The van der Waals surface area contributed by atoms with E-state index in [9.17, 15) is 5.11 Å². The first-order valence-electron chi connectivity index (χ1n) is 7.18. The number of benzene rings is 1. The van der Waals surface area contributed by atoms with Crippen molar-refractivity contribution in [2.24, 2.45) is 0 Å². The number of likely N-dealkylation sites (N-methyl/N-ethyl adjacent to an activating group) is 1. The highest BCUT2D eigenvalue weighted by Crippen LogP contribution is 2.12. The van der Waals surface area contributed by atoms with E-state index < -0.39 is 6.10 Å². The number of aliphatic hydroxyl groups excluding tert-OH is 1. The van der Waals surface area contributed by atoms with Gasteiger partial charge in [-0.15, -0.1) is 0 Å². The van der Waals surface area contributed by atoms with Crippen LogP contribution in [-0.2, 0) is 11.2 Å². The van der Waals surface area contributed by atoms with Crippen molar-refractivity contribution >= 4 is 0 Å². The number of aliphatic hydroxyl groups is 1. The van der Waals surface area contributed by atoms with Gasteiger partial charge in [-0.1, -0.05) is 12.1 Å². The van der Waals surface area contributed by atoms with Crippen molar-refractivity contribution < 1.29 is 14.6 Å². The van der Waals surface area contributed by atoms with Crippen LogP contribution in [0.4, 0.5) is 0 Å². The van der Waals surface area contributed by atoms with Crippen LogP contribution in [0.2, 0.25) is 0 Å². The van der Waals surface area contributed by atoms with Crippen LogP contribution in [0, 0.1) is 11.3 Å². The minimum atomic E-state index is -0.546. The van der Waals surface area contributed by atoms with E-state index in [0.29, 0.717) is 31.9 Å². The van der Waals surface area contributed by atoms with Gasteiger partial charge in [0, 0.05) is 19.7 Å². The van der Waals surface area contributed by atoms with Crippen LogP contribution in [0.3, 0.4) is 0 Å². The normalized spacial score (nSPS) is 12.1. The zero-order valence-electron chi connectivity index (χ0n) is 12.8. The quantitative estimate of drug-likeness (QED) is 0.661. The highest BCUT2D eigenvalue weighted by Gasteiger charge is 2.09. The molecular formula is C16H24N2O3. The molecular weight excluding hydrogens is 268 g/mol. The van der Waals surface area contributed by atoms with E-state index in [4.69, 9.17) is 14.7 Å². The molecule has 5 nitrogen and oxygen atoms in total. The molecule has 0 saturated heterocycles. The van der Waals surface area contributed by atoms with Crippen LogP contribution >= 0.6 is 0 Å². The Morgan fingerprint density at radius 1 is 1.33 bits per heavy atom. The van der Waals surface area contributed by atoms with E-state index in [1.165, 1.54) is 0 Å². The summed E-state index contributed by atoms with van der Waals surface area (Å²) in [5.41, 5.74) is 0.959. The molecule has 0 amide bonds. The van der Waals surface area contributed by atoms with Gasteiger partial charge in [0.25, 0.3) is 0 Å². The number of nitriles is 1. The first kappa shape index (κ1) is 17.4. The molecule has 0 radical (unpaired) electrons. The lowest BCUT2D eigenvalue weighted by Crippen LogP contribution is -2.35. The number of rotatable bonds is 10. The highest BCUT2D eigenvalue weighted by atomic mass is 16.5. The summed E-state index contributed by atoms with van der Waals surface area (Å²) < 4.78 is 10.8. The van der Waals surface area contributed by atoms with Crippen molar-refractivity contribution in [2.75, 3.05) is 40.0 Å². The number of hydrogen-bond acceptors (Lipinski definition) is 5. The van der Waals surface area contributed by atoms with Gasteiger partial charge in [0.1, 0.15) is 18.5 Å². The predicted octanol–water partition coefficient (Wildman–Crippen LogP) is 1.46. The molecule has 1 rings (SSSR count). The molecule has 0 aliphatic rings. The van der Waals surface area contributed by atoms with Crippen molar-refractivity contribution in [2.45, 2.75) is 19.4 Å². The molecule has 21 heavy (non-hydrogen) atoms. The summed E-state index contributed by atoms with van der Waals surface area (Å²) in [4.78, 5) is 2.01. The van der Waals surface area contributed by atoms with E-state index >= 15 is 0 Å². The molecule has 0 fully saturated rings. The van der Waals surface area contributed by atoms with Gasteiger partial charge in [-0.2, -0.15) is 5.26 Å². The average molecular weight is 292 g/mol.